The lowest BCUT2D eigenvalue weighted by Crippen LogP contribution is -2.38. The van der Waals surface area contributed by atoms with Crippen molar-refractivity contribution in [3.05, 3.63) is 12.7 Å². The van der Waals surface area contributed by atoms with Crippen molar-refractivity contribution in [3.8, 4) is 0 Å². The fourth-order valence-corrected chi connectivity index (χ4v) is 1.23. The van der Waals surface area contributed by atoms with E-state index in [4.69, 9.17) is 0 Å². The summed E-state index contributed by atoms with van der Waals surface area (Å²) in [5.74, 6) is 0. The molecular weight excluding hydrogens is 136 g/mol. The molecule has 0 amide bonds. The molecule has 0 aliphatic heterocycles. The Balaban J connectivity index is 4.48. The summed E-state index contributed by atoms with van der Waals surface area (Å²) in [6.07, 6.45) is 1.47. The SMILES string of the molecule is C=CC(C)(C)[C@@H](O)C(C)(C)C. The van der Waals surface area contributed by atoms with Crippen LogP contribution in [0.25, 0.3) is 0 Å². The van der Waals surface area contributed by atoms with Crippen LogP contribution in [0.4, 0.5) is 0 Å². The molecule has 0 aromatic rings. The van der Waals surface area contributed by atoms with Crippen molar-refractivity contribution in [2.45, 2.75) is 40.7 Å². The zero-order valence-corrected chi connectivity index (χ0v) is 8.31. The van der Waals surface area contributed by atoms with Gasteiger partial charge in [-0.25, -0.2) is 0 Å². The van der Waals surface area contributed by atoms with E-state index in [1.54, 1.807) is 0 Å². The Bertz CT molecular complexity index is 139. The Hall–Kier alpha value is -0.300. The van der Waals surface area contributed by atoms with Gasteiger partial charge < -0.3 is 5.11 Å². The summed E-state index contributed by atoms with van der Waals surface area (Å²) in [7, 11) is 0. The maximum atomic E-state index is 9.84. The van der Waals surface area contributed by atoms with Gasteiger partial charge in [-0.1, -0.05) is 40.7 Å². The van der Waals surface area contributed by atoms with E-state index in [1.807, 2.05) is 40.7 Å². The minimum Gasteiger partial charge on any atom is -0.392 e. The molecule has 0 spiro atoms. The second-order valence-corrected chi connectivity index (χ2v) is 4.79. The van der Waals surface area contributed by atoms with Gasteiger partial charge in [0.15, 0.2) is 0 Å². The van der Waals surface area contributed by atoms with E-state index in [1.165, 1.54) is 0 Å². The van der Waals surface area contributed by atoms with E-state index in [9.17, 15) is 5.11 Å². The highest BCUT2D eigenvalue weighted by atomic mass is 16.3. The van der Waals surface area contributed by atoms with Crippen LogP contribution >= 0.6 is 0 Å². The smallest absolute Gasteiger partial charge is 0.0673 e. The van der Waals surface area contributed by atoms with Crippen LogP contribution in [0, 0.1) is 10.8 Å². The van der Waals surface area contributed by atoms with E-state index >= 15 is 0 Å². The average Bonchev–Trinajstić information content (AvgIpc) is 1.84. The van der Waals surface area contributed by atoms with Gasteiger partial charge in [0.2, 0.25) is 0 Å². The van der Waals surface area contributed by atoms with Gasteiger partial charge in [-0.2, -0.15) is 0 Å². The largest absolute Gasteiger partial charge is 0.392 e. The molecule has 0 saturated carbocycles. The summed E-state index contributed by atoms with van der Waals surface area (Å²) in [6, 6.07) is 0. The summed E-state index contributed by atoms with van der Waals surface area (Å²) in [6.45, 7) is 13.8. The summed E-state index contributed by atoms with van der Waals surface area (Å²) in [5, 5.41) is 9.84. The molecule has 0 bridgehead atoms. The quantitative estimate of drug-likeness (QED) is 0.609. The lowest BCUT2D eigenvalue weighted by Gasteiger charge is -2.36. The first-order valence-corrected chi connectivity index (χ1v) is 4.03. The van der Waals surface area contributed by atoms with Gasteiger partial charge in [-0.15, -0.1) is 6.58 Å². The molecule has 1 N–H and O–H groups in total. The fraction of sp³-hybridized carbons (Fsp3) is 0.800. The number of aliphatic hydroxyl groups is 1. The van der Waals surface area contributed by atoms with Crippen molar-refractivity contribution >= 4 is 0 Å². The Kier molecular flexibility index (Phi) is 2.90. The molecule has 0 aliphatic carbocycles. The lowest BCUT2D eigenvalue weighted by atomic mass is 9.73. The summed E-state index contributed by atoms with van der Waals surface area (Å²) in [4.78, 5) is 0. The fourth-order valence-electron chi connectivity index (χ4n) is 1.23. The molecule has 1 heteroatoms. The van der Waals surface area contributed by atoms with Crippen molar-refractivity contribution in [2.75, 3.05) is 0 Å². The molecular formula is C10H20O. The number of hydrogen-bond donors (Lipinski definition) is 1. The van der Waals surface area contributed by atoms with E-state index < -0.39 is 0 Å². The number of hydrogen-bond acceptors (Lipinski definition) is 1. The Morgan fingerprint density at radius 3 is 1.64 bits per heavy atom. The number of aliphatic hydroxyl groups excluding tert-OH is 1. The predicted molar refractivity (Wildman–Crippen MR) is 49.4 cm³/mol. The van der Waals surface area contributed by atoms with E-state index in [0.29, 0.717) is 0 Å². The van der Waals surface area contributed by atoms with Crippen LogP contribution in [-0.2, 0) is 0 Å². The van der Waals surface area contributed by atoms with E-state index in [0.717, 1.165) is 0 Å². The van der Waals surface area contributed by atoms with Crippen molar-refractivity contribution < 1.29 is 5.11 Å². The van der Waals surface area contributed by atoms with Crippen LogP contribution in [0.1, 0.15) is 34.6 Å². The maximum absolute atomic E-state index is 9.84. The van der Waals surface area contributed by atoms with Gasteiger partial charge >= 0.3 is 0 Å². The van der Waals surface area contributed by atoms with Crippen LogP contribution in [0.3, 0.4) is 0 Å². The maximum Gasteiger partial charge on any atom is 0.0673 e. The molecule has 1 atom stereocenters. The Morgan fingerprint density at radius 1 is 1.18 bits per heavy atom. The van der Waals surface area contributed by atoms with Gasteiger partial charge in [0.25, 0.3) is 0 Å². The van der Waals surface area contributed by atoms with Crippen LogP contribution in [0.2, 0.25) is 0 Å². The highest BCUT2D eigenvalue weighted by Crippen LogP contribution is 2.34. The normalized spacial score (nSPS) is 16.2. The summed E-state index contributed by atoms with van der Waals surface area (Å²) < 4.78 is 0. The van der Waals surface area contributed by atoms with E-state index in [2.05, 4.69) is 6.58 Å². The molecule has 11 heavy (non-hydrogen) atoms. The van der Waals surface area contributed by atoms with Crippen LogP contribution in [-0.4, -0.2) is 11.2 Å². The highest BCUT2D eigenvalue weighted by molar-refractivity contribution is 4.97. The van der Waals surface area contributed by atoms with Crippen LogP contribution in [0.5, 0.6) is 0 Å². The topological polar surface area (TPSA) is 20.2 Å². The summed E-state index contributed by atoms with van der Waals surface area (Å²) >= 11 is 0. The van der Waals surface area contributed by atoms with Crippen molar-refractivity contribution in [1.82, 2.24) is 0 Å². The van der Waals surface area contributed by atoms with Gasteiger partial charge in [-0.05, 0) is 5.41 Å². The van der Waals surface area contributed by atoms with Gasteiger partial charge in [0.05, 0.1) is 6.10 Å². The minimum absolute atomic E-state index is 0.0717. The predicted octanol–water partition coefficient (Wildman–Crippen LogP) is 2.61. The second-order valence-electron chi connectivity index (χ2n) is 4.79. The zero-order valence-electron chi connectivity index (χ0n) is 8.31. The highest BCUT2D eigenvalue weighted by Gasteiger charge is 2.33. The first kappa shape index (κ1) is 10.7. The van der Waals surface area contributed by atoms with Crippen molar-refractivity contribution in [2.24, 2.45) is 10.8 Å². The van der Waals surface area contributed by atoms with Crippen molar-refractivity contribution in [3.63, 3.8) is 0 Å². The molecule has 66 valence electrons. The molecule has 0 rings (SSSR count). The first-order valence-electron chi connectivity index (χ1n) is 4.03. The lowest BCUT2D eigenvalue weighted by molar-refractivity contribution is -0.00874. The van der Waals surface area contributed by atoms with Gasteiger partial charge in [0, 0.05) is 5.41 Å². The molecule has 0 aliphatic rings. The molecule has 0 unspecified atom stereocenters. The molecule has 1 nitrogen and oxygen atoms in total. The molecule has 0 heterocycles. The average molecular weight is 156 g/mol. The van der Waals surface area contributed by atoms with Gasteiger partial charge in [-0.3, -0.25) is 0 Å². The van der Waals surface area contributed by atoms with Gasteiger partial charge in [0.1, 0.15) is 0 Å². The monoisotopic (exact) mass is 156 g/mol. The molecule has 0 aromatic carbocycles. The van der Waals surface area contributed by atoms with E-state index in [-0.39, 0.29) is 16.9 Å². The zero-order chi connectivity index (χ0) is 9.28. The van der Waals surface area contributed by atoms with Crippen molar-refractivity contribution in [1.29, 1.82) is 0 Å². The molecule has 0 aromatic heterocycles. The standard InChI is InChI=1S/C10H20O/c1-7-10(5,6)8(11)9(2,3)4/h7-8,11H,1H2,2-6H3/t8-/m0/s1. The Labute approximate surface area is 70.1 Å². The first-order chi connectivity index (χ1) is 4.72. The third-order valence-corrected chi connectivity index (χ3v) is 2.05. The summed E-state index contributed by atoms with van der Waals surface area (Å²) in [5.41, 5.74) is -0.268. The molecule has 0 saturated heterocycles. The van der Waals surface area contributed by atoms with Crippen LogP contribution in [0.15, 0.2) is 12.7 Å². The third-order valence-electron chi connectivity index (χ3n) is 2.05. The second kappa shape index (κ2) is 2.98. The number of rotatable bonds is 2. The molecule has 0 radical (unpaired) electrons. The minimum atomic E-state index is -0.340. The third kappa shape index (κ3) is 2.66. The molecule has 0 fully saturated rings. The van der Waals surface area contributed by atoms with Crippen LogP contribution < -0.4 is 0 Å². The Morgan fingerprint density at radius 2 is 1.55 bits per heavy atom.